The molecule has 0 aliphatic rings. The number of thioether (sulfide) groups is 2. The van der Waals surface area contributed by atoms with Gasteiger partial charge in [0.05, 0.1) is 18.7 Å². The van der Waals surface area contributed by atoms with Gasteiger partial charge in [-0.1, -0.05) is 133 Å². The Kier molecular flexibility index (Phi) is 34.6. The van der Waals surface area contributed by atoms with Gasteiger partial charge in [0.25, 0.3) is 0 Å². The van der Waals surface area contributed by atoms with Gasteiger partial charge in [-0.25, -0.2) is 4.79 Å². The fourth-order valence-corrected chi connectivity index (χ4v) is 10.4. The first-order valence-corrected chi connectivity index (χ1v) is 33.3. The molecular weight excluding hydrogens is 1230 g/mol. The highest BCUT2D eigenvalue weighted by molar-refractivity contribution is 7.98. The van der Waals surface area contributed by atoms with Crippen LogP contribution in [0.3, 0.4) is 0 Å². The molecule has 10 amide bonds. The van der Waals surface area contributed by atoms with Crippen LogP contribution in [0.15, 0.2) is 91.0 Å². The number of nitrogens with two attached hydrogens (primary N) is 1. The van der Waals surface area contributed by atoms with Gasteiger partial charge in [0.15, 0.2) is 0 Å². The maximum absolute atomic E-state index is 14.5. The summed E-state index contributed by atoms with van der Waals surface area (Å²) in [5.41, 5.74) is 8.31. The maximum Gasteiger partial charge on any atom is 0.326 e. The largest absolute Gasteiger partial charge is 0.481 e. The normalized spacial score (nSPS) is 14.8. The molecule has 0 unspecified atom stereocenters. The zero-order valence-electron chi connectivity index (χ0n) is 53.7. The number of amides is 10. The average molecular weight is 1320 g/mol. The standard InChI is InChI=1S/C64H93N11O15S2/c1-36(2)31-47(71-58(83)49(34-42-23-17-12-18-24-42)72-62(87)52(37(3)4)73-55(80)43(65)32-40-19-13-10-14-20-40)59(84)74-53(38(5)6)61(86)69-44(25-26-51(78)79)57(82)68-45(27-29-91-8)56(81)66-35-50(77)67-48(33-41-21-15-11-16-22-41)60(85)75-54(39(7)76)63(88)70-46(64(89)90)28-30-92-9/h10-24,36-39,43-49,52-54,76H,25-35,65H2,1-9H3,(H,66,81)(H,67,77)(H,68,82)(H,69,86)(H,70,88)(H,71,83)(H,72,87)(H,73,80)(H,74,84)(H,75,85)(H,78,79)(H,89,90)/t39-,43+,44+,45+,46+,47+,48+,49+,52+,53+,54+/m1/s1. The van der Waals surface area contributed by atoms with Crippen LogP contribution in [0.5, 0.6) is 0 Å². The lowest BCUT2D eigenvalue weighted by molar-refractivity contribution is -0.143. The molecule has 0 aromatic heterocycles. The van der Waals surface area contributed by atoms with Gasteiger partial charge in [-0.15, -0.1) is 0 Å². The lowest BCUT2D eigenvalue weighted by Crippen LogP contribution is -2.61. The summed E-state index contributed by atoms with van der Waals surface area (Å²) in [6, 6.07) is 12.9. The molecule has 0 radical (unpaired) electrons. The summed E-state index contributed by atoms with van der Waals surface area (Å²) < 4.78 is 0. The molecule has 3 aromatic rings. The molecule has 92 heavy (non-hydrogen) atoms. The third-order valence-electron chi connectivity index (χ3n) is 14.6. The number of nitrogens with one attached hydrogen (secondary N) is 10. The van der Waals surface area contributed by atoms with E-state index in [-0.39, 0.29) is 50.2 Å². The van der Waals surface area contributed by atoms with E-state index in [0.29, 0.717) is 16.9 Å². The Balaban J connectivity index is 1.83. The Labute approximate surface area is 546 Å². The molecule has 3 rings (SSSR count). The van der Waals surface area contributed by atoms with Crippen molar-refractivity contribution in [1.82, 2.24) is 53.2 Å². The lowest BCUT2D eigenvalue weighted by atomic mass is 9.98. The van der Waals surface area contributed by atoms with Crippen molar-refractivity contribution in [3.63, 3.8) is 0 Å². The second-order valence-electron chi connectivity index (χ2n) is 23.5. The van der Waals surface area contributed by atoms with E-state index >= 15 is 0 Å². The number of carboxylic acids is 2. The monoisotopic (exact) mass is 1320 g/mol. The van der Waals surface area contributed by atoms with Crippen LogP contribution in [0.2, 0.25) is 0 Å². The summed E-state index contributed by atoms with van der Waals surface area (Å²) in [5.74, 6) is -11.8. The number of rotatable bonds is 41. The van der Waals surface area contributed by atoms with E-state index < -0.39 is 169 Å². The average Bonchev–Trinajstić information content (AvgIpc) is 1.30. The number of aliphatic carboxylic acids is 2. The number of benzene rings is 3. The SMILES string of the molecule is CSCC[C@H](NC(=O)[C@@H](NC(=O)[C@H](Cc1ccccc1)NC(=O)CNC(=O)[C@H](CCSC)NC(=O)[C@H](CCC(=O)O)NC(=O)[C@@H](NC(=O)[C@H](CC(C)C)NC(=O)[C@H](Cc1ccccc1)NC(=O)[C@@H](NC(=O)[C@@H](N)Cc1ccccc1)C(C)C)C(C)C)[C@@H](C)O)C(=O)O. The molecule has 28 heteroatoms. The summed E-state index contributed by atoms with van der Waals surface area (Å²) in [4.78, 5) is 163. The summed E-state index contributed by atoms with van der Waals surface area (Å²) in [6.07, 6.45) is 0.985. The van der Waals surface area contributed by atoms with E-state index in [4.69, 9.17) is 5.73 Å². The van der Waals surface area contributed by atoms with Gasteiger partial charge < -0.3 is 74.2 Å². The second kappa shape index (κ2) is 40.7. The molecule has 0 saturated heterocycles. The van der Waals surface area contributed by atoms with Crippen molar-refractivity contribution < 1.29 is 72.9 Å². The van der Waals surface area contributed by atoms with Crippen molar-refractivity contribution in [2.75, 3.05) is 30.6 Å². The number of hydrogen-bond acceptors (Lipinski definition) is 16. The minimum Gasteiger partial charge on any atom is -0.481 e. The number of hydrogen-bond donors (Lipinski definition) is 14. The fourth-order valence-electron chi connectivity index (χ4n) is 9.42. The van der Waals surface area contributed by atoms with Crippen molar-refractivity contribution in [3.8, 4) is 0 Å². The van der Waals surface area contributed by atoms with Crippen molar-refractivity contribution in [1.29, 1.82) is 0 Å². The molecule has 0 heterocycles. The summed E-state index contributed by atoms with van der Waals surface area (Å²) in [7, 11) is 0. The lowest BCUT2D eigenvalue weighted by Gasteiger charge is -2.30. The Morgan fingerprint density at radius 3 is 1.25 bits per heavy atom. The van der Waals surface area contributed by atoms with Gasteiger partial charge in [-0.3, -0.25) is 52.7 Å². The third kappa shape index (κ3) is 28.2. The van der Waals surface area contributed by atoms with Gasteiger partial charge in [0, 0.05) is 19.3 Å². The van der Waals surface area contributed by atoms with Crippen LogP contribution in [-0.4, -0.2) is 183 Å². The number of aliphatic hydroxyl groups excluding tert-OH is 1. The Morgan fingerprint density at radius 2 is 0.793 bits per heavy atom. The van der Waals surface area contributed by atoms with Crippen LogP contribution in [0, 0.1) is 17.8 Å². The fraction of sp³-hybridized carbons (Fsp3) is 0.531. The number of aliphatic hydroxyl groups is 1. The maximum atomic E-state index is 14.5. The molecule has 15 N–H and O–H groups in total. The Morgan fingerprint density at radius 1 is 0.424 bits per heavy atom. The van der Waals surface area contributed by atoms with E-state index in [0.717, 1.165) is 5.56 Å². The molecule has 0 aliphatic heterocycles. The van der Waals surface area contributed by atoms with Gasteiger partial charge in [-0.05, 0) is 97.5 Å². The molecule has 26 nitrogen and oxygen atoms in total. The first kappa shape index (κ1) is 78.2. The molecule has 0 bridgehead atoms. The molecule has 0 aliphatic carbocycles. The molecular formula is C64H93N11O15S2. The van der Waals surface area contributed by atoms with Crippen molar-refractivity contribution in [2.45, 2.75) is 166 Å². The summed E-state index contributed by atoms with van der Waals surface area (Å²) in [5, 5.41) is 55.7. The Hall–Kier alpha value is -8.08. The van der Waals surface area contributed by atoms with Gasteiger partial charge in [0.1, 0.15) is 54.4 Å². The van der Waals surface area contributed by atoms with Crippen LogP contribution in [0.25, 0.3) is 0 Å². The van der Waals surface area contributed by atoms with E-state index in [9.17, 15) is 72.9 Å². The van der Waals surface area contributed by atoms with Gasteiger partial charge in [0.2, 0.25) is 59.1 Å². The van der Waals surface area contributed by atoms with Crippen molar-refractivity contribution >= 4 is 94.5 Å². The van der Waals surface area contributed by atoms with Gasteiger partial charge >= 0.3 is 11.9 Å². The van der Waals surface area contributed by atoms with Crippen molar-refractivity contribution in [2.24, 2.45) is 23.5 Å². The second-order valence-corrected chi connectivity index (χ2v) is 25.4. The molecule has 506 valence electrons. The van der Waals surface area contributed by atoms with Crippen LogP contribution in [0.4, 0.5) is 0 Å². The highest BCUT2D eigenvalue weighted by Crippen LogP contribution is 2.15. The Bertz CT molecular complexity index is 2910. The minimum atomic E-state index is -1.65. The number of carboxylic acid groups (broad SMARTS) is 2. The van der Waals surface area contributed by atoms with Crippen molar-refractivity contribution in [3.05, 3.63) is 108 Å². The van der Waals surface area contributed by atoms with Crippen LogP contribution in [-0.2, 0) is 76.8 Å². The quantitative estimate of drug-likeness (QED) is 0.0372. The molecule has 11 atom stereocenters. The molecule has 0 fully saturated rings. The third-order valence-corrected chi connectivity index (χ3v) is 15.8. The van der Waals surface area contributed by atoms with E-state index in [1.54, 1.807) is 115 Å². The smallest absolute Gasteiger partial charge is 0.326 e. The first-order chi connectivity index (χ1) is 43.5. The van der Waals surface area contributed by atoms with E-state index in [2.05, 4.69) is 53.2 Å². The highest BCUT2D eigenvalue weighted by Gasteiger charge is 2.37. The zero-order chi connectivity index (χ0) is 68.6. The van der Waals surface area contributed by atoms with E-state index in [1.807, 2.05) is 30.3 Å². The molecule has 0 saturated carbocycles. The predicted octanol–water partition coefficient (Wildman–Crippen LogP) is 0.716. The van der Waals surface area contributed by atoms with Crippen LogP contribution >= 0.6 is 23.5 Å². The number of carbonyl (C=O) groups is 12. The molecule has 0 spiro atoms. The van der Waals surface area contributed by atoms with Gasteiger partial charge in [-0.2, -0.15) is 23.5 Å². The zero-order valence-corrected chi connectivity index (χ0v) is 55.3. The minimum absolute atomic E-state index is 0.0237. The first-order valence-electron chi connectivity index (χ1n) is 30.5. The van der Waals surface area contributed by atoms with E-state index in [1.165, 1.54) is 30.4 Å². The summed E-state index contributed by atoms with van der Waals surface area (Å²) >= 11 is 2.66. The highest BCUT2D eigenvalue weighted by atomic mass is 32.2. The predicted molar refractivity (Wildman–Crippen MR) is 350 cm³/mol. The molecule has 3 aromatic carbocycles. The summed E-state index contributed by atoms with van der Waals surface area (Å²) in [6.45, 7) is 10.7. The van der Waals surface area contributed by atoms with Crippen LogP contribution in [0.1, 0.15) is 97.3 Å². The topological polar surface area (TPSA) is 412 Å². The van der Waals surface area contributed by atoms with Crippen LogP contribution < -0.4 is 58.9 Å². The number of carbonyl (C=O) groups excluding carboxylic acids is 10.